The number of halogens is 1. The first-order valence-corrected chi connectivity index (χ1v) is 7.72. The van der Waals surface area contributed by atoms with Gasteiger partial charge in [0.2, 0.25) is 11.8 Å². The molecule has 2 fully saturated rings. The highest BCUT2D eigenvalue weighted by molar-refractivity contribution is 9.10. The van der Waals surface area contributed by atoms with Crippen LogP contribution >= 0.6 is 15.9 Å². The molecule has 2 atom stereocenters. The van der Waals surface area contributed by atoms with Gasteiger partial charge in [0.25, 0.3) is 0 Å². The molecule has 1 aromatic heterocycles. The molecule has 3 rings (SSSR count). The van der Waals surface area contributed by atoms with Crippen LogP contribution in [0, 0.1) is 24.7 Å². The summed E-state index contributed by atoms with van der Waals surface area (Å²) >= 11 is 3.49. The molecule has 0 spiro atoms. The first-order valence-electron chi connectivity index (χ1n) is 6.93. The molecule has 2 unspecified atom stereocenters. The van der Waals surface area contributed by atoms with Crippen molar-refractivity contribution in [2.24, 2.45) is 24.8 Å². The zero-order valence-electron chi connectivity index (χ0n) is 11.9. The molecule has 0 bridgehead atoms. The number of aryl methyl sites for hydroxylation is 2. The van der Waals surface area contributed by atoms with Crippen LogP contribution in [0.25, 0.3) is 0 Å². The van der Waals surface area contributed by atoms with Crippen molar-refractivity contribution in [1.29, 1.82) is 0 Å². The van der Waals surface area contributed by atoms with Gasteiger partial charge in [-0.15, -0.1) is 0 Å². The number of hydrogen-bond donors (Lipinski definition) is 0. The number of nitrogens with zero attached hydrogens (tertiary/aromatic N) is 3. The van der Waals surface area contributed by atoms with Gasteiger partial charge in [-0.2, -0.15) is 5.10 Å². The molecular weight excluding hydrogens is 322 g/mol. The first-order chi connectivity index (χ1) is 9.40. The second kappa shape index (κ2) is 4.69. The number of rotatable bonds is 2. The van der Waals surface area contributed by atoms with Gasteiger partial charge in [0, 0.05) is 7.05 Å². The second-order valence-corrected chi connectivity index (χ2v) is 6.81. The maximum atomic E-state index is 12.4. The minimum absolute atomic E-state index is 0.00453. The molecule has 5 nitrogen and oxygen atoms in total. The molecule has 1 saturated heterocycles. The molecule has 2 aliphatic rings. The number of imide groups is 1. The van der Waals surface area contributed by atoms with E-state index in [-0.39, 0.29) is 23.7 Å². The van der Waals surface area contributed by atoms with Gasteiger partial charge in [-0.3, -0.25) is 19.2 Å². The third kappa shape index (κ3) is 1.92. The fourth-order valence-electron chi connectivity index (χ4n) is 3.50. The quantitative estimate of drug-likeness (QED) is 0.774. The summed E-state index contributed by atoms with van der Waals surface area (Å²) in [6, 6.07) is 0. The predicted octanol–water partition coefficient (Wildman–Crippen LogP) is 2.02. The zero-order valence-corrected chi connectivity index (χ0v) is 13.5. The van der Waals surface area contributed by atoms with Crippen molar-refractivity contribution in [1.82, 2.24) is 14.7 Å². The molecule has 1 aliphatic carbocycles. The van der Waals surface area contributed by atoms with Crippen LogP contribution in [0.5, 0.6) is 0 Å². The molecule has 2 heterocycles. The van der Waals surface area contributed by atoms with E-state index < -0.39 is 0 Å². The van der Waals surface area contributed by atoms with Gasteiger partial charge in [0.15, 0.2) is 0 Å². The van der Waals surface area contributed by atoms with E-state index in [2.05, 4.69) is 28.0 Å². The lowest BCUT2D eigenvalue weighted by molar-refractivity contribution is -0.141. The molecule has 1 aromatic rings. The summed E-state index contributed by atoms with van der Waals surface area (Å²) in [6.07, 6.45) is 1.69. The van der Waals surface area contributed by atoms with Gasteiger partial charge >= 0.3 is 0 Å². The Bertz CT molecular complexity index is 571. The lowest BCUT2D eigenvalue weighted by atomic mass is 10.00. The monoisotopic (exact) mass is 339 g/mol. The molecule has 1 saturated carbocycles. The number of carbonyl (C=O) groups excluding carboxylic acids is 2. The molecule has 0 N–H and O–H groups in total. The SMILES string of the molecule is Cc1nn(C)c(CN2C(=O)C3CC(C)CC3C2=O)c1Br. The van der Waals surface area contributed by atoms with Gasteiger partial charge in [0.05, 0.1) is 34.2 Å². The van der Waals surface area contributed by atoms with Crippen molar-refractivity contribution >= 4 is 27.7 Å². The van der Waals surface area contributed by atoms with E-state index in [0.717, 1.165) is 28.7 Å². The van der Waals surface area contributed by atoms with Crippen molar-refractivity contribution in [3.05, 3.63) is 15.9 Å². The molecule has 0 aromatic carbocycles. The normalized spacial score (nSPS) is 29.4. The lowest BCUT2D eigenvalue weighted by Crippen LogP contribution is -2.32. The van der Waals surface area contributed by atoms with Crippen LogP contribution in [0.3, 0.4) is 0 Å². The summed E-state index contributed by atoms with van der Waals surface area (Å²) < 4.78 is 2.61. The van der Waals surface area contributed by atoms with Crippen LogP contribution in [-0.2, 0) is 23.2 Å². The Morgan fingerprint density at radius 2 is 1.80 bits per heavy atom. The van der Waals surface area contributed by atoms with Crippen LogP contribution in [-0.4, -0.2) is 26.5 Å². The Hall–Kier alpha value is -1.17. The maximum Gasteiger partial charge on any atom is 0.233 e. The smallest absolute Gasteiger partial charge is 0.233 e. The van der Waals surface area contributed by atoms with E-state index in [4.69, 9.17) is 0 Å². The molecular formula is C14H18BrN3O2. The van der Waals surface area contributed by atoms with Gasteiger partial charge in [0.1, 0.15) is 0 Å². The molecule has 108 valence electrons. The third-order valence-corrected chi connectivity index (χ3v) is 5.57. The summed E-state index contributed by atoms with van der Waals surface area (Å²) in [5.41, 5.74) is 1.74. The van der Waals surface area contributed by atoms with Gasteiger partial charge in [-0.25, -0.2) is 0 Å². The Kier molecular flexibility index (Phi) is 3.23. The van der Waals surface area contributed by atoms with Crippen molar-refractivity contribution in [2.75, 3.05) is 0 Å². The van der Waals surface area contributed by atoms with Crippen LogP contribution in [0.15, 0.2) is 4.47 Å². The van der Waals surface area contributed by atoms with E-state index in [1.807, 2.05) is 14.0 Å². The van der Waals surface area contributed by atoms with E-state index in [1.54, 1.807) is 4.68 Å². The summed E-state index contributed by atoms with van der Waals surface area (Å²) in [6.45, 7) is 4.33. The molecule has 0 radical (unpaired) electrons. The van der Waals surface area contributed by atoms with E-state index in [0.29, 0.717) is 12.5 Å². The van der Waals surface area contributed by atoms with Crippen LogP contribution in [0.2, 0.25) is 0 Å². The number of hydrogen-bond acceptors (Lipinski definition) is 3. The van der Waals surface area contributed by atoms with E-state index in [1.165, 1.54) is 4.90 Å². The highest BCUT2D eigenvalue weighted by Crippen LogP contribution is 2.43. The van der Waals surface area contributed by atoms with Crippen molar-refractivity contribution in [3.63, 3.8) is 0 Å². The Balaban J connectivity index is 1.86. The highest BCUT2D eigenvalue weighted by Gasteiger charge is 2.51. The fourth-order valence-corrected chi connectivity index (χ4v) is 3.97. The molecule has 1 aliphatic heterocycles. The Labute approximate surface area is 126 Å². The van der Waals surface area contributed by atoms with Crippen LogP contribution < -0.4 is 0 Å². The van der Waals surface area contributed by atoms with Gasteiger partial charge in [-0.05, 0) is 41.6 Å². The Morgan fingerprint density at radius 1 is 1.25 bits per heavy atom. The molecule has 2 amide bonds. The van der Waals surface area contributed by atoms with E-state index >= 15 is 0 Å². The van der Waals surface area contributed by atoms with Crippen molar-refractivity contribution in [2.45, 2.75) is 33.2 Å². The lowest BCUT2D eigenvalue weighted by Gasteiger charge is -2.17. The Morgan fingerprint density at radius 3 is 2.25 bits per heavy atom. The minimum atomic E-state index is -0.0920. The topological polar surface area (TPSA) is 55.2 Å². The largest absolute Gasteiger partial charge is 0.276 e. The zero-order chi connectivity index (χ0) is 14.6. The predicted molar refractivity (Wildman–Crippen MR) is 76.6 cm³/mol. The fraction of sp³-hybridized carbons (Fsp3) is 0.643. The number of likely N-dealkylation sites (tertiary alicyclic amines) is 1. The average Bonchev–Trinajstić information content (AvgIpc) is 2.94. The number of aromatic nitrogens is 2. The van der Waals surface area contributed by atoms with Crippen molar-refractivity contribution in [3.8, 4) is 0 Å². The maximum absolute atomic E-state index is 12.4. The summed E-state index contributed by atoms with van der Waals surface area (Å²) in [4.78, 5) is 26.3. The van der Waals surface area contributed by atoms with E-state index in [9.17, 15) is 9.59 Å². The number of carbonyl (C=O) groups is 2. The summed E-state index contributed by atoms with van der Waals surface area (Å²) in [5, 5.41) is 4.31. The standard InChI is InChI=1S/C14H18BrN3O2/c1-7-4-9-10(5-7)14(20)18(13(9)19)6-11-12(15)8(2)16-17(11)3/h7,9-10H,4-6H2,1-3H3. The molecule has 20 heavy (non-hydrogen) atoms. The summed E-state index contributed by atoms with van der Waals surface area (Å²) in [5.74, 6) is 0.284. The van der Waals surface area contributed by atoms with Gasteiger partial charge in [-0.1, -0.05) is 6.92 Å². The summed E-state index contributed by atoms with van der Waals surface area (Å²) in [7, 11) is 1.83. The third-order valence-electron chi connectivity index (χ3n) is 4.53. The van der Waals surface area contributed by atoms with Crippen LogP contribution in [0.4, 0.5) is 0 Å². The number of fused-ring (bicyclic) bond motifs is 1. The average molecular weight is 340 g/mol. The highest BCUT2D eigenvalue weighted by atomic mass is 79.9. The van der Waals surface area contributed by atoms with Crippen LogP contribution in [0.1, 0.15) is 31.2 Å². The number of amides is 2. The first kappa shape index (κ1) is 13.8. The van der Waals surface area contributed by atoms with Crippen molar-refractivity contribution < 1.29 is 9.59 Å². The molecule has 6 heteroatoms. The minimum Gasteiger partial charge on any atom is -0.276 e. The second-order valence-electron chi connectivity index (χ2n) is 6.02. The van der Waals surface area contributed by atoms with Gasteiger partial charge < -0.3 is 0 Å².